The second-order valence-electron chi connectivity index (χ2n) is 16.6. The molecular formula is C58H35N5. The van der Waals surface area contributed by atoms with Gasteiger partial charge in [-0.05, 0) is 76.8 Å². The molecule has 0 aliphatic heterocycles. The SMILES string of the molecule is c1ccc2cc(-c3nc(-n4c5cc(-n6c7ccccc7c7ccccc76)ccc5c5ccc(-n6c7ccccc7c7ccccc76)cc54)c4ccc5ccccc5c4n3)ccc2c1. The van der Waals surface area contributed by atoms with Gasteiger partial charge in [-0.1, -0.05) is 152 Å². The average molecular weight is 802 g/mol. The summed E-state index contributed by atoms with van der Waals surface area (Å²) in [6, 6.07) is 76.8. The molecule has 0 amide bonds. The number of nitrogens with zero attached hydrogens (tertiary/aromatic N) is 5. The molecule has 0 radical (unpaired) electrons. The first-order valence-corrected chi connectivity index (χ1v) is 21.5. The summed E-state index contributed by atoms with van der Waals surface area (Å²) in [7, 11) is 0. The molecule has 10 aromatic carbocycles. The van der Waals surface area contributed by atoms with Gasteiger partial charge in [0, 0.05) is 60.0 Å². The molecule has 0 atom stereocenters. The van der Waals surface area contributed by atoms with Crippen LogP contribution in [0.4, 0.5) is 0 Å². The van der Waals surface area contributed by atoms with Crippen LogP contribution in [0.3, 0.4) is 0 Å². The Labute approximate surface area is 360 Å². The zero-order valence-corrected chi connectivity index (χ0v) is 33.9. The highest BCUT2D eigenvalue weighted by Gasteiger charge is 2.22. The van der Waals surface area contributed by atoms with Crippen molar-refractivity contribution in [2.45, 2.75) is 0 Å². The van der Waals surface area contributed by atoms with E-state index in [9.17, 15) is 0 Å². The van der Waals surface area contributed by atoms with Gasteiger partial charge < -0.3 is 9.13 Å². The maximum Gasteiger partial charge on any atom is 0.162 e. The van der Waals surface area contributed by atoms with E-state index in [2.05, 4.69) is 226 Å². The van der Waals surface area contributed by atoms with Crippen molar-refractivity contribution in [3.63, 3.8) is 0 Å². The lowest BCUT2D eigenvalue weighted by Gasteiger charge is -2.15. The maximum absolute atomic E-state index is 5.65. The van der Waals surface area contributed by atoms with Crippen molar-refractivity contribution in [2.24, 2.45) is 0 Å². The summed E-state index contributed by atoms with van der Waals surface area (Å²) in [5, 5.41) is 12.8. The summed E-state index contributed by atoms with van der Waals surface area (Å²) in [5.41, 5.74) is 10.9. The second-order valence-corrected chi connectivity index (χ2v) is 16.6. The van der Waals surface area contributed by atoms with Gasteiger partial charge in [-0.15, -0.1) is 0 Å². The van der Waals surface area contributed by atoms with Crippen LogP contribution in [-0.2, 0) is 0 Å². The van der Waals surface area contributed by atoms with E-state index in [1.807, 2.05) is 0 Å². The lowest BCUT2D eigenvalue weighted by Crippen LogP contribution is -2.04. The highest BCUT2D eigenvalue weighted by molar-refractivity contribution is 6.15. The fraction of sp³-hybridized carbons (Fsp3) is 0. The van der Waals surface area contributed by atoms with E-state index in [-0.39, 0.29) is 0 Å². The van der Waals surface area contributed by atoms with Crippen molar-refractivity contribution in [1.29, 1.82) is 0 Å². The van der Waals surface area contributed by atoms with Crippen molar-refractivity contribution >= 4 is 97.9 Å². The molecule has 0 unspecified atom stereocenters. The minimum Gasteiger partial charge on any atom is -0.309 e. The minimum absolute atomic E-state index is 0.687. The largest absolute Gasteiger partial charge is 0.309 e. The molecule has 0 aliphatic carbocycles. The number of para-hydroxylation sites is 4. The quantitative estimate of drug-likeness (QED) is 0.166. The molecule has 4 aromatic heterocycles. The Morgan fingerprint density at radius 3 is 1.25 bits per heavy atom. The van der Waals surface area contributed by atoms with Crippen LogP contribution < -0.4 is 0 Å². The molecule has 14 rings (SSSR count). The van der Waals surface area contributed by atoms with Gasteiger partial charge in [-0.3, -0.25) is 4.57 Å². The third-order valence-electron chi connectivity index (χ3n) is 13.2. The molecule has 292 valence electrons. The smallest absolute Gasteiger partial charge is 0.162 e. The van der Waals surface area contributed by atoms with Crippen molar-refractivity contribution in [3.8, 4) is 28.6 Å². The first-order chi connectivity index (χ1) is 31.2. The fourth-order valence-electron chi connectivity index (χ4n) is 10.4. The number of hydrogen-bond acceptors (Lipinski definition) is 2. The summed E-state index contributed by atoms with van der Waals surface area (Å²) in [4.78, 5) is 11.1. The lowest BCUT2D eigenvalue weighted by atomic mass is 10.0. The number of fused-ring (bicyclic) bond motifs is 13. The van der Waals surface area contributed by atoms with E-state index in [0.717, 1.165) is 71.6 Å². The van der Waals surface area contributed by atoms with Gasteiger partial charge in [0.15, 0.2) is 5.82 Å². The predicted molar refractivity (Wildman–Crippen MR) is 263 cm³/mol. The number of rotatable bonds is 4. The molecule has 5 nitrogen and oxygen atoms in total. The Kier molecular flexibility index (Phi) is 7.05. The zero-order chi connectivity index (χ0) is 41.2. The Hall–Kier alpha value is -8.54. The van der Waals surface area contributed by atoms with Gasteiger partial charge >= 0.3 is 0 Å². The van der Waals surface area contributed by atoms with E-state index >= 15 is 0 Å². The molecular weight excluding hydrogens is 767 g/mol. The molecule has 0 fully saturated rings. The standard InChI is InChI=1S/C58H35N5/c1-2-15-38-33-39(26-25-36(38)13-1)57-59-56-42-16-4-3-14-37(42)27-30-49(56)58(60-57)63-54-34-40(61-50-21-9-5-17-43(50)44-18-6-10-22-51(44)61)28-31-47(54)48-32-29-41(35-55(48)63)62-52-23-11-7-19-45(52)46-20-8-12-24-53(46)62/h1-35H. The van der Waals surface area contributed by atoms with Gasteiger partial charge in [-0.2, -0.15) is 0 Å². The van der Waals surface area contributed by atoms with Crippen LogP contribution in [0.25, 0.3) is 126 Å². The maximum atomic E-state index is 5.65. The third kappa shape index (κ3) is 4.93. The van der Waals surface area contributed by atoms with Crippen molar-refractivity contribution in [1.82, 2.24) is 23.7 Å². The van der Waals surface area contributed by atoms with Crippen LogP contribution >= 0.6 is 0 Å². The van der Waals surface area contributed by atoms with Crippen LogP contribution in [0.15, 0.2) is 212 Å². The highest BCUT2D eigenvalue weighted by atomic mass is 15.1. The summed E-state index contributed by atoms with van der Waals surface area (Å²) in [6.07, 6.45) is 0. The van der Waals surface area contributed by atoms with E-state index in [1.165, 1.54) is 49.0 Å². The van der Waals surface area contributed by atoms with Gasteiger partial charge in [0.2, 0.25) is 0 Å². The van der Waals surface area contributed by atoms with Gasteiger partial charge in [-0.25, -0.2) is 9.97 Å². The molecule has 63 heavy (non-hydrogen) atoms. The normalized spacial score (nSPS) is 12.1. The Balaban J connectivity index is 1.13. The molecule has 0 saturated carbocycles. The van der Waals surface area contributed by atoms with Crippen LogP contribution in [-0.4, -0.2) is 23.7 Å². The molecule has 5 heteroatoms. The summed E-state index contributed by atoms with van der Waals surface area (Å²) >= 11 is 0. The Morgan fingerprint density at radius 2 is 0.698 bits per heavy atom. The molecule has 0 saturated heterocycles. The summed E-state index contributed by atoms with van der Waals surface area (Å²) in [6.45, 7) is 0. The summed E-state index contributed by atoms with van der Waals surface area (Å²) in [5.74, 6) is 1.53. The second kappa shape index (κ2) is 13.0. The molecule has 4 heterocycles. The fourth-order valence-corrected chi connectivity index (χ4v) is 10.4. The van der Waals surface area contributed by atoms with Crippen LogP contribution in [0.5, 0.6) is 0 Å². The molecule has 0 aliphatic rings. The van der Waals surface area contributed by atoms with Gasteiger partial charge in [0.1, 0.15) is 5.82 Å². The van der Waals surface area contributed by atoms with Gasteiger partial charge in [0.05, 0.1) is 38.6 Å². The molecule has 14 aromatic rings. The monoisotopic (exact) mass is 801 g/mol. The zero-order valence-electron chi connectivity index (χ0n) is 33.9. The van der Waals surface area contributed by atoms with Crippen LogP contribution in [0, 0.1) is 0 Å². The first-order valence-electron chi connectivity index (χ1n) is 21.5. The minimum atomic E-state index is 0.687. The van der Waals surface area contributed by atoms with Crippen molar-refractivity contribution < 1.29 is 0 Å². The Bertz CT molecular complexity index is 3940. The van der Waals surface area contributed by atoms with Crippen molar-refractivity contribution in [3.05, 3.63) is 212 Å². The predicted octanol–water partition coefficient (Wildman–Crippen LogP) is 14.9. The topological polar surface area (TPSA) is 40.6 Å². The number of aromatic nitrogens is 5. The van der Waals surface area contributed by atoms with Crippen molar-refractivity contribution in [2.75, 3.05) is 0 Å². The third-order valence-corrected chi connectivity index (χ3v) is 13.2. The van der Waals surface area contributed by atoms with E-state index < -0.39 is 0 Å². The molecule has 0 N–H and O–H groups in total. The first kappa shape index (κ1) is 34.2. The van der Waals surface area contributed by atoms with E-state index in [1.54, 1.807) is 0 Å². The lowest BCUT2D eigenvalue weighted by molar-refractivity contribution is 1.07. The Morgan fingerprint density at radius 1 is 0.270 bits per heavy atom. The van der Waals surface area contributed by atoms with Crippen LogP contribution in [0.1, 0.15) is 0 Å². The molecule has 0 bridgehead atoms. The van der Waals surface area contributed by atoms with E-state index in [4.69, 9.17) is 9.97 Å². The summed E-state index contributed by atoms with van der Waals surface area (Å²) < 4.78 is 7.21. The van der Waals surface area contributed by atoms with Crippen LogP contribution in [0.2, 0.25) is 0 Å². The number of benzene rings is 10. The van der Waals surface area contributed by atoms with Gasteiger partial charge in [0.25, 0.3) is 0 Å². The number of hydrogen-bond donors (Lipinski definition) is 0. The highest BCUT2D eigenvalue weighted by Crippen LogP contribution is 2.41. The van der Waals surface area contributed by atoms with E-state index in [0.29, 0.717) is 5.82 Å². The molecule has 0 spiro atoms. The average Bonchev–Trinajstić information content (AvgIpc) is 3.98.